The number of halogens is 2. The zero-order valence-corrected chi connectivity index (χ0v) is 20.1. The van der Waals surface area contributed by atoms with E-state index in [0.717, 1.165) is 47.8 Å². The van der Waals surface area contributed by atoms with Gasteiger partial charge in [0.1, 0.15) is 19.0 Å². The maximum atomic E-state index is 6.30. The van der Waals surface area contributed by atoms with E-state index in [2.05, 4.69) is 34.6 Å². The molecular formula is C20H28ClIN4O3. The summed E-state index contributed by atoms with van der Waals surface area (Å²) in [5, 5.41) is 11.4. The lowest BCUT2D eigenvalue weighted by molar-refractivity contribution is 0.171. The molecule has 1 aromatic carbocycles. The number of benzene rings is 1. The lowest BCUT2D eigenvalue weighted by Gasteiger charge is -2.20. The Kier molecular flexibility index (Phi) is 9.35. The molecule has 0 spiro atoms. The van der Waals surface area contributed by atoms with E-state index in [1.807, 2.05) is 12.1 Å². The van der Waals surface area contributed by atoms with Gasteiger partial charge in [-0.05, 0) is 30.5 Å². The number of aliphatic imine (C=N–C) groups is 1. The van der Waals surface area contributed by atoms with Gasteiger partial charge in [0, 0.05) is 32.1 Å². The van der Waals surface area contributed by atoms with Crippen LogP contribution in [-0.4, -0.2) is 37.9 Å². The first-order valence-electron chi connectivity index (χ1n) is 9.65. The number of hydrogen-bond donors (Lipinski definition) is 2. The molecule has 0 radical (unpaired) electrons. The number of aryl methyl sites for hydroxylation is 2. The zero-order chi connectivity index (χ0) is 19.9. The first kappa shape index (κ1) is 23.6. The molecule has 3 rings (SSSR count). The van der Waals surface area contributed by atoms with Crippen LogP contribution < -0.4 is 20.1 Å². The summed E-state index contributed by atoms with van der Waals surface area (Å²) in [6.07, 6.45) is 2.45. The Morgan fingerprint density at radius 1 is 1.17 bits per heavy atom. The molecular weight excluding hydrogens is 507 g/mol. The molecule has 0 saturated carbocycles. The fraction of sp³-hybridized carbons (Fsp3) is 0.500. The monoisotopic (exact) mass is 534 g/mol. The molecule has 7 nitrogen and oxygen atoms in total. The zero-order valence-electron chi connectivity index (χ0n) is 17.0. The van der Waals surface area contributed by atoms with E-state index in [1.54, 1.807) is 7.05 Å². The second kappa shape index (κ2) is 11.5. The molecule has 0 unspecified atom stereocenters. The molecule has 0 bridgehead atoms. The molecule has 1 aliphatic heterocycles. The summed E-state index contributed by atoms with van der Waals surface area (Å²) in [7, 11) is 1.76. The number of guanidine groups is 1. The number of ether oxygens (including phenoxy) is 2. The molecule has 0 atom stereocenters. The lowest BCUT2D eigenvalue weighted by Crippen LogP contribution is -2.38. The first-order chi connectivity index (χ1) is 13.7. The van der Waals surface area contributed by atoms with Crippen LogP contribution in [0.2, 0.25) is 5.02 Å². The normalized spacial score (nSPS) is 13.0. The molecule has 0 saturated heterocycles. The number of hydrogen-bond acceptors (Lipinski definition) is 5. The Morgan fingerprint density at radius 3 is 2.69 bits per heavy atom. The molecule has 0 fully saturated rings. The van der Waals surface area contributed by atoms with E-state index in [0.29, 0.717) is 42.8 Å². The molecule has 2 heterocycles. The predicted octanol–water partition coefficient (Wildman–Crippen LogP) is 3.75. The average molecular weight is 535 g/mol. The fourth-order valence-electron chi connectivity index (χ4n) is 3.16. The third-order valence-corrected chi connectivity index (χ3v) is 4.91. The van der Waals surface area contributed by atoms with Crippen molar-refractivity contribution in [2.75, 3.05) is 26.8 Å². The third-order valence-electron chi connectivity index (χ3n) is 4.63. The van der Waals surface area contributed by atoms with Gasteiger partial charge >= 0.3 is 0 Å². The van der Waals surface area contributed by atoms with Gasteiger partial charge in [-0.15, -0.1) is 24.0 Å². The highest BCUT2D eigenvalue weighted by molar-refractivity contribution is 14.0. The number of rotatable bonds is 7. The Balaban J connectivity index is 0.00000300. The van der Waals surface area contributed by atoms with Gasteiger partial charge in [-0.25, -0.2) is 0 Å². The SMILES string of the molecule is CCc1noc(CC)c1CNC(=NC)NCCc1cc(Cl)c2c(c1)OCCO2.I. The highest BCUT2D eigenvalue weighted by Gasteiger charge is 2.17. The molecule has 1 aliphatic rings. The van der Waals surface area contributed by atoms with Crippen LogP contribution >= 0.6 is 35.6 Å². The number of aromatic nitrogens is 1. The second-order valence-electron chi connectivity index (χ2n) is 6.44. The first-order valence-corrected chi connectivity index (χ1v) is 10.0. The number of nitrogens with zero attached hydrogens (tertiary/aromatic N) is 2. The summed E-state index contributed by atoms with van der Waals surface area (Å²) >= 11 is 6.30. The van der Waals surface area contributed by atoms with E-state index in [4.69, 9.17) is 25.6 Å². The maximum Gasteiger partial charge on any atom is 0.191 e. The molecule has 2 aromatic rings. The van der Waals surface area contributed by atoms with Gasteiger partial charge in [-0.3, -0.25) is 4.99 Å². The van der Waals surface area contributed by atoms with E-state index in [-0.39, 0.29) is 24.0 Å². The van der Waals surface area contributed by atoms with Crippen molar-refractivity contribution in [2.24, 2.45) is 4.99 Å². The Hall–Kier alpha value is -1.68. The minimum Gasteiger partial charge on any atom is -0.486 e. The van der Waals surface area contributed by atoms with Gasteiger partial charge in [0.05, 0.1) is 10.7 Å². The quantitative estimate of drug-likeness (QED) is 0.320. The number of fused-ring (bicyclic) bond motifs is 1. The predicted molar refractivity (Wildman–Crippen MR) is 125 cm³/mol. The van der Waals surface area contributed by atoms with Crippen molar-refractivity contribution in [3.05, 3.63) is 39.7 Å². The van der Waals surface area contributed by atoms with Crippen LogP contribution in [0.15, 0.2) is 21.6 Å². The van der Waals surface area contributed by atoms with Gasteiger partial charge in [0.15, 0.2) is 17.5 Å². The summed E-state index contributed by atoms with van der Waals surface area (Å²) in [5.74, 6) is 3.00. The van der Waals surface area contributed by atoms with Gasteiger partial charge in [-0.2, -0.15) is 0 Å². The maximum absolute atomic E-state index is 6.30. The minimum atomic E-state index is 0. The smallest absolute Gasteiger partial charge is 0.191 e. The van der Waals surface area contributed by atoms with Crippen LogP contribution in [0.5, 0.6) is 11.5 Å². The topological polar surface area (TPSA) is 80.9 Å². The van der Waals surface area contributed by atoms with Gasteiger partial charge in [0.25, 0.3) is 0 Å². The van der Waals surface area contributed by atoms with Crippen LogP contribution in [0.3, 0.4) is 0 Å². The molecule has 1 aromatic heterocycles. The summed E-state index contributed by atoms with van der Waals surface area (Å²) in [4.78, 5) is 4.29. The molecule has 29 heavy (non-hydrogen) atoms. The van der Waals surface area contributed by atoms with Crippen LogP contribution in [0.1, 0.15) is 36.4 Å². The standard InChI is InChI=1S/C20H27ClN4O3.HI/c1-4-16-14(17(5-2)28-25-16)12-24-20(22-3)23-7-6-13-10-15(21)19-18(11-13)26-8-9-27-19;/h10-11H,4-9,12H2,1-3H3,(H2,22,23,24);1H. The van der Waals surface area contributed by atoms with Crippen molar-refractivity contribution in [2.45, 2.75) is 39.7 Å². The third kappa shape index (κ3) is 5.91. The summed E-state index contributed by atoms with van der Waals surface area (Å²) in [6, 6.07) is 3.90. The van der Waals surface area contributed by atoms with Gasteiger partial charge in [0.2, 0.25) is 0 Å². The fourth-order valence-corrected chi connectivity index (χ4v) is 3.45. The van der Waals surface area contributed by atoms with Gasteiger partial charge in [-0.1, -0.05) is 30.6 Å². The minimum absolute atomic E-state index is 0. The van der Waals surface area contributed by atoms with Crippen molar-refractivity contribution >= 4 is 41.5 Å². The molecule has 9 heteroatoms. The summed E-state index contributed by atoms with van der Waals surface area (Å²) in [5.41, 5.74) is 3.19. The summed E-state index contributed by atoms with van der Waals surface area (Å²) < 4.78 is 16.6. The van der Waals surface area contributed by atoms with Crippen molar-refractivity contribution in [1.82, 2.24) is 15.8 Å². The van der Waals surface area contributed by atoms with Crippen LogP contribution in [0.4, 0.5) is 0 Å². The Labute approximate surface area is 193 Å². The molecule has 2 N–H and O–H groups in total. The Bertz CT molecular complexity index is 820. The second-order valence-corrected chi connectivity index (χ2v) is 6.85. The molecule has 0 amide bonds. The van der Waals surface area contributed by atoms with Crippen LogP contribution in [-0.2, 0) is 25.8 Å². The van der Waals surface area contributed by atoms with E-state index >= 15 is 0 Å². The van der Waals surface area contributed by atoms with Gasteiger partial charge < -0.3 is 24.6 Å². The van der Waals surface area contributed by atoms with Crippen molar-refractivity contribution in [3.8, 4) is 11.5 Å². The van der Waals surface area contributed by atoms with E-state index < -0.39 is 0 Å². The molecule has 0 aliphatic carbocycles. The summed E-state index contributed by atoms with van der Waals surface area (Å²) in [6.45, 7) is 6.55. The number of nitrogens with one attached hydrogen (secondary N) is 2. The van der Waals surface area contributed by atoms with Crippen molar-refractivity contribution in [3.63, 3.8) is 0 Å². The average Bonchev–Trinajstić information content (AvgIpc) is 3.12. The van der Waals surface area contributed by atoms with Crippen molar-refractivity contribution < 1.29 is 14.0 Å². The lowest BCUT2D eigenvalue weighted by atomic mass is 10.1. The van der Waals surface area contributed by atoms with E-state index in [9.17, 15) is 0 Å². The molecule has 160 valence electrons. The Morgan fingerprint density at radius 2 is 1.97 bits per heavy atom. The highest BCUT2D eigenvalue weighted by Crippen LogP contribution is 2.38. The largest absolute Gasteiger partial charge is 0.486 e. The van der Waals surface area contributed by atoms with Crippen LogP contribution in [0, 0.1) is 0 Å². The van der Waals surface area contributed by atoms with Crippen LogP contribution in [0.25, 0.3) is 0 Å². The highest BCUT2D eigenvalue weighted by atomic mass is 127. The van der Waals surface area contributed by atoms with Crippen molar-refractivity contribution in [1.29, 1.82) is 0 Å². The van der Waals surface area contributed by atoms with E-state index in [1.165, 1.54) is 0 Å².